The Morgan fingerprint density at radius 1 is 1.35 bits per heavy atom. The average Bonchev–Trinajstić information content (AvgIpc) is 2.30. The third kappa shape index (κ3) is 3.71. The summed E-state index contributed by atoms with van der Waals surface area (Å²) in [5.41, 5.74) is 0.782. The van der Waals surface area contributed by atoms with Crippen LogP contribution >= 0.6 is 23.2 Å². The Balaban J connectivity index is 1.90. The largest absolute Gasteiger partial charge is 0.382 e. The first-order valence-electron chi connectivity index (χ1n) is 6.07. The number of nitrogens with one attached hydrogen (secondary N) is 1. The Morgan fingerprint density at radius 2 is 2.18 bits per heavy atom. The fourth-order valence-electron chi connectivity index (χ4n) is 2.48. The molecule has 0 bridgehead atoms. The molecule has 1 aromatic rings. The summed E-state index contributed by atoms with van der Waals surface area (Å²) >= 11 is 11.7. The second-order valence-corrected chi connectivity index (χ2v) is 5.64. The Labute approximate surface area is 112 Å². The van der Waals surface area contributed by atoms with E-state index >= 15 is 0 Å². The van der Waals surface area contributed by atoms with Crippen LogP contribution < -0.4 is 5.32 Å². The van der Waals surface area contributed by atoms with Crippen LogP contribution in [0.1, 0.15) is 32.6 Å². The molecule has 2 unspecified atom stereocenters. The molecule has 94 valence electrons. The Kier molecular flexibility index (Phi) is 4.46. The van der Waals surface area contributed by atoms with Gasteiger partial charge >= 0.3 is 0 Å². The summed E-state index contributed by atoms with van der Waals surface area (Å²) in [5, 5.41) is 11.5. The standard InChI is InChI=1S/C12H17Cl2N3/c1-8-3-2-4-9(5-8)7-15-10-6-11(13)16-17-12(10)14/h6,8-9H,2-5,7H2,1H3,(H,15,16). The lowest BCUT2D eigenvalue weighted by molar-refractivity contribution is 0.293. The maximum Gasteiger partial charge on any atom is 0.174 e. The van der Waals surface area contributed by atoms with Crippen LogP contribution in [-0.4, -0.2) is 16.7 Å². The lowest BCUT2D eigenvalue weighted by Crippen LogP contribution is -2.21. The topological polar surface area (TPSA) is 37.8 Å². The van der Waals surface area contributed by atoms with Crippen LogP contribution in [0.4, 0.5) is 5.69 Å². The maximum absolute atomic E-state index is 5.95. The zero-order valence-electron chi connectivity index (χ0n) is 9.92. The minimum Gasteiger partial charge on any atom is -0.382 e. The number of hydrogen-bond acceptors (Lipinski definition) is 3. The van der Waals surface area contributed by atoms with Gasteiger partial charge in [-0.15, -0.1) is 10.2 Å². The van der Waals surface area contributed by atoms with Crippen LogP contribution in [-0.2, 0) is 0 Å². The Bertz CT molecular complexity index is 384. The SMILES string of the molecule is CC1CCCC(CNc2cc(Cl)nnc2Cl)C1. The molecule has 3 nitrogen and oxygen atoms in total. The van der Waals surface area contributed by atoms with E-state index in [2.05, 4.69) is 22.4 Å². The highest BCUT2D eigenvalue weighted by atomic mass is 35.5. The van der Waals surface area contributed by atoms with Gasteiger partial charge in [0.05, 0.1) is 5.69 Å². The van der Waals surface area contributed by atoms with Gasteiger partial charge in [0, 0.05) is 12.6 Å². The summed E-state index contributed by atoms with van der Waals surface area (Å²) in [7, 11) is 0. The number of halogens is 2. The van der Waals surface area contributed by atoms with Crippen LogP contribution in [0, 0.1) is 11.8 Å². The Morgan fingerprint density at radius 3 is 2.94 bits per heavy atom. The number of rotatable bonds is 3. The normalized spacial score (nSPS) is 24.6. The van der Waals surface area contributed by atoms with Gasteiger partial charge in [-0.3, -0.25) is 0 Å². The highest BCUT2D eigenvalue weighted by Gasteiger charge is 2.18. The molecule has 1 aliphatic rings. The second kappa shape index (κ2) is 5.87. The van der Waals surface area contributed by atoms with Crippen molar-refractivity contribution in [2.75, 3.05) is 11.9 Å². The Hall–Kier alpha value is -0.540. The first-order chi connectivity index (χ1) is 8.15. The van der Waals surface area contributed by atoms with Crippen LogP contribution in [0.2, 0.25) is 10.3 Å². The summed E-state index contributed by atoms with van der Waals surface area (Å²) in [6.07, 6.45) is 5.27. The van der Waals surface area contributed by atoms with Crippen molar-refractivity contribution in [2.24, 2.45) is 11.8 Å². The smallest absolute Gasteiger partial charge is 0.174 e. The van der Waals surface area contributed by atoms with Gasteiger partial charge in [0.15, 0.2) is 10.3 Å². The fraction of sp³-hybridized carbons (Fsp3) is 0.667. The van der Waals surface area contributed by atoms with Crippen molar-refractivity contribution >= 4 is 28.9 Å². The minimum absolute atomic E-state index is 0.369. The summed E-state index contributed by atoms with van der Waals surface area (Å²) in [6.45, 7) is 3.26. The van der Waals surface area contributed by atoms with Gasteiger partial charge in [-0.25, -0.2) is 0 Å². The van der Waals surface area contributed by atoms with Gasteiger partial charge in [0.25, 0.3) is 0 Å². The summed E-state index contributed by atoms with van der Waals surface area (Å²) in [6, 6.07) is 1.73. The molecule has 0 amide bonds. The first-order valence-corrected chi connectivity index (χ1v) is 6.83. The van der Waals surface area contributed by atoms with Crippen LogP contribution in [0.5, 0.6) is 0 Å². The van der Waals surface area contributed by atoms with Crippen molar-refractivity contribution in [1.82, 2.24) is 10.2 Å². The molecule has 1 N–H and O–H groups in total. The minimum atomic E-state index is 0.369. The molecule has 1 aromatic heterocycles. The first kappa shape index (κ1) is 12.9. The molecule has 2 rings (SSSR count). The van der Waals surface area contributed by atoms with Gasteiger partial charge in [-0.1, -0.05) is 43.0 Å². The van der Waals surface area contributed by atoms with E-state index in [1.165, 1.54) is 25.7 Å². The summed E-state index contributed by atoms with van der Waals surface area (Å²) in [5.74, 6) is 1.56. The van der Waals surface area contributed by atoms with Crippen molar-refractivity contribution < 1.29 is 0 Å². The molecule has 2 atom stereocenters. The highest BCUT2D eigenvalue weighted by Crippen LogP contribution is 2.29. The second-order valence-electron chi connectivity index (χ2n) is 4.89. The molecule has 0 saturated heterocycles. The van der Waals surface area contributed by atoms with Crippen molar-refractivity contribution in [3.63, 3.8) is 0 Å². The van der Waals surface area contributed by atoms with E-state index in [9.17, 15) is 0 Å². The number of nitrogens with zero attached hydrogens (tertiary/aromatic N) is 2. The molecule has 5 heteroatoms. The maximum atomic E-state index is 5.95. The van der Waals surface area contributed by atoms with E-state index in [-0.39, 0.29) is 0 Å². The van der Waals surface area contributed by atoms with Gasteiger partial charge in [0.2, 0.25) is 0 Å². The van der Waals surface area contributed by atoms with E-state index in [1.54, 1.807) is 6.07 Å². The van der Waals surface area contributed by atoms with E-state index in [4.69, 9.17) is 23.2 Å². The van der Waals surface area contributed by atoms with Crippen LogP contribution in [0.25, 0.3) is 0 Å². The molecule has 0 aliphatic heterocycles. The zero-order chi connectivity index (χ0) is 12.3. The zero-order valence-corrected chi connectivity index (χ0v) is 11.4. The fourth-order valence-corrected chi connectivity index (χ4v) is 2.78. The van der Waals surface area contributed by atoms with Gasteiger partial charge in [-0.05, 0) is 24.7 Å². The molecule has 0 radical (unpaired) electrons. The third-order valence-corrected chi connectivity index (χ3v) is 3.81. The molecule has 0 spiro atoms. The average molecular weight is 274 g/mol. The molecule has 1 saturated carbocycles. The predicted octanol–water partition coefficient (Wildman–Crippen LogP) is 4.02. The molecule has 0 aromatic carbocycles. The number of hydrogen-bond donors (Lipinski definition) is 1. The van der Waals surface area contributed by atoms with E-state index in [0.717, 1.165) is 24.1 Å². The predicted molar refractivity (Wildman–Crippen MR) is 71.7 cm³/mol. The van der Waals surface area contributed by atoms with Crippen LogP contribution in [0.15, 0.2) is 6.07 Å². The van der Waals surface area contributed by atoms with E-state index in [1.807, 2.05) is 0 Å². The van der Waals surface area contributed by atoms with E-state index in [0.29, 0.717) is 10.3 Å². The van der Waals surface area contributed by atoms with Crippen LogP contribution in [0.3, 0.4) is 0 Å². The summed E-state index contributed by atoms with van der Waals surface area (Å²) < 4.78 is 0. The van der Waals surface area contributed by atoms with Gasteiger partial charge < -0.3 is 5.32 Å². The number of anilines is 1. The van der Waals surface area contributed by atoms with Gasteiger partial charge in [0.1, 0.15) is 0 Å². The summed E-state index contributed by atoms with van der Waals surface area (Å²) in [4.78, 5) is 0. The molecular weight excluding hydrogens is 257 g/mol. The monoisotopic (exact) mass is 273 g/mol. The van der Waals surface area contributed by atoms with Crippen molar-refractivity contribution in [1.29, 1.82) is 0 Å². The molecule has 1 heterocycles. The van der Waals surface area contributed by atoms with Crippen molar-refractivity contribution in [2.45, 2.75) is 32.6 Å². The van der Waals surface area contributed by atoms with Crippen molar-refractivity contribution in [3.8, 4) is 0 Å². The van der Waals surface area contributed by atoms with Crippen molar-refractivity contribution in [3.05, 3.63) is 16.4 Å². The molecule has 1 aliphatic carbocycles. The van der Waals surface area contributed by atoms with Gasteiger partial charge in [-0.2, -0.15) is 0 Å². The molecule has 1 fully saturated rings. The highest BCUT2D eigenvalue weighted by molar-refractivity contribution is 6.33. The molecular formula is C12H17Cl2N3. The number of aromatic nitrogens is 2. The molecule has 17 heavy (non-hydrogen) atoms. The lowest BCUT2D eigenvalue weighted by atomic mass is 9.82. The van der Waals surface area contributed by atoms with E-state index < -0.39 is 0 Å². The quantitative estimate of drug-likeness (QED) is 0.904. The third-order valence-electron chi connectivity index (χ3n) is 3.35. The lowest BCUT2D eigenvalue weighted by Gasteiger charge is -2.27.